The molecule has 7 heteroatoms. The van der Waals surface area contributed by atoms with Crippen LogP contribution >= 0.6 is 0 Å². The first-order valence-corrected chi connectivity index (χ1v) is 10.9. The van der Waals surface area contributed by atoms with E-state index in [1.165, 1.54) is 12.5 Å². The molecule has 0 aromatic carbocycles. The Hall–Kier alpha value is -0.473. The van der Waals surface area contributed by atoms with Gasteiger partial charge >= 0.3 is 5.97 Å². The molecule has 0 bridgehead atoms. The van der Waals surface area contributed by atoms with Crippen LogP contribution in [0.1, 0.15) is 12.8 Å². The zero-order chi connectivity index (χ0) is 15.8. The zero-order valence-electron chi connectivity index (χ0n) is 13.4. The lowest BCUT2D eigenvalue weighted by molar-refractivity contribution is -0.138. The van der Waals surface area contributed by atoms with E-state index in [0.717, 1.165) is 13.1 Å². The van der Waals surface area contributed by atoms with E-state index in [2.05, 4.69) is 18.4 Å². The highest BCUT2D eigenvalue weighted by Crippen LogP contribution is 1.94. The average Bonchev–Trinajstić information content (AvgIpc) is 2.42. The van der Waals surface area contributed by atoms with Crippen molar-refractivity contribution in [3.8, 4) is 0 Å². The molecule has 21 heavy (non-hydrogen) atoms. The van der Waals surface area contributed by atoms with Crippen molar-refractivity contribution >= 4 is 14.8 Å². The van der Waals surface area contributed by atoms with Gasteiger partial charge in [-0.15, -0.1) is 0 Å². The molecule has 0 amide bonds. The van der Waals surface area contributed by atoms with Crippen LogP contribution in [0.4, 0.5) is 0 Å². The van der Waals surface area contributed by atoms with E-state index in [9.17, 15) is 4.79 Å². The van der Waals surface area contributed by atoms with Gasteiger partial charge in [-0.3, -0.25) is 4.79 Å². The third-order valence-electron chi connectivity index (χ3n) is 2.76. The van der Waals surface area contributed by atoms with Crippen molar-refractivity contribution in [2.75, 3.05) is 52.7 Å². The summed E-state index contributed by atoms with van der Waals surface area (Å²) in [5.74, 6) is -0.843. The van der Waals surface area contributed by atoms with E-state index < -0.39 is 14.8 Å². The van der Waals surface area contributed by atoms with Crippen molar-refractivity contribution in [1.29, 1.82) is 0 Å². The standard InChI is InChI=1S/C14H31NO5Si/c1-21(2)13-3-5-15-6-8-19-10-12-20-11-9-18-7-4-14(16)17/h15,21H,3-13H2,1-2H3,(H,16,17). The molecule has 0 aliphatic carbocycles. The summed E-state index contributed by atoms with van der Waals surface area (Å²) in [7, 11) is -0.392. The Morgan fingerprint density at radius 1 is 0.952 bits per heavy atom. The van der Waals surface area contributed by atoms with E-state index >= 15 is 0 Å². The highest BCUT2D eigenvalue weighted by atomic mass is 28.3. The maximum atomic E-state index is 10.2. The van der Waals surface area contributed by atoms with E-state index in [1.54, 1.807) is 0 Å². The Labute approximate surface area is 129 Å². The second-order valence-corrected chi connectivity index (χ2v) is 8.63. The minimum absolute atomic E-state index is 0.0372. The van der Waals surface area contributed by atoms with Gasteiger partial charge in [0.05, 0.1) is 46.1 Å². The van der Waals surface area contributed by atoms with Crippen molar-refractivity contribution in [2.24, 2.45) is 0 Å². The molecule has 0 spiro atoms. The summed E-state index contributed by atoms with van der Waals surface area (Å²) in [6.45, 7) is 9.68. The second kappa shape index (κ2) is 15.9. The molecule has 0 fully saturated rings. The van der Waals surface area contributed by atoms with Crippen LogP contribution in [0, 0.1) is 0 Å². The first-order valence-electron chi connectivity index (χ1n) is 7.78. The van der Waals surface area contributed by atoms with Crippen LogP contribution in [0.3, 0.4) is 0 Å². The quantitative estimate of drug-likeness (QED) is 0.326. The summed E-state index contributed by atoms with van der Waals surface area (Å²) in [5, 5.41) is 11.8. The highest BCUT2D eigenvalue weighted by Gasteiger charge is 1.97. The fraction of sp³-hybridized carbons (Fsp3) is 0.929. The summed E-state index contributed by atoms with van der Waals surface area (Å²) in [4.78, 5) is 10.2. The van der Waals surface area contributed by atoms with Crippen molar-refractivity contribution in [1.82, 2.24) is 5.32 Å². The van der Waals surface area contributed by atoms with Crippen molar-refractivity contribution < 1.29 is 24.1 Å². The van der Waals surface area contributed by atoms with Gasteiger partial charge in [0.2, 0.25) is 0 Å². The van der Waals surface area contributed by atoms with E-state index in [1.807, 2.05) is 0 Å². The van der Waals surface area contributed by atoms with Gasteiger partial charge in [0.25, 0.3) is 0 Å². The fourth-order valence-electron chi connectivity index (χ4n) is 1.61. The lowest BCUT2D eigenvalue weighted by Gasteiger charge is -2.08. The molecular weight excluding hydrogens is 290 g/mol. The molecule has 2 N–H and O–H groups in total. The molecule has 0 aromatic heterocycles. The molecule has 6 nitrogen and oxygen atoms in total. The SMILES string of the molecule is C[SiH](C)CCCNCCOCCOCCOCCC(=O)O. The summed E-state index contributed by atoms with van der Waals surface area (Å²) in [6, 6.07) is 1.40. The Morgan fingerprint density at radius 3 is 2.10 bits per heavy atom. The largest absolute Gasteiger partial charge is 0.481 e. The number of ether oxygens (including phenoxy) is 3. The van der Waals surface area contributed by atoms with Crippen molar-refractivity contribution in [3.05, 3.63) is 0 Å². The van der Waals surface area contributed by atoms with Crippen LogP contribution in [0.25, 0.3) is 0 Å². The van der Waals surface area contributed by atoms with Crippen LogP contribution < -0.4 is 5.32 Å². The van der Waals surface area contributed by atoms with Crippen molar-refractivity contribution in [3.63, 3.8) is 0 Å². The Bertz CT molecular complexity index is 241. The maximum absolute atomic E-state index is 10.2. The van der Waals surface area contributed by atoms with Crippen LogP contribution in [0.2, 0.25) is 19.1 Å². The van der Waals surface area contributed by atoms with E-state index in [0.29, 0.717) is 33.0 Å². The van der Waals surface area contributed by atoms with Crippen LogP contribution in [-0.2, 0) is 19.0 Å². The lowest BCUT2D eigenvalue weighted by Crippen LogP contribution is -2.22. The Balaban J connectivity index is 2.98. The number of aliphatic carboxylic acids is 1. The Morgan fingerprint density at radius 2 is 1.52 bits per heavy atom. The predicted molar refractivity (Wildman–Crippen MR) is 85.9 cm³/mol. The fourth-order valence-corrected chi connectivity index (χ4v) is 2.63. The molecule has 126 valence electrons. The van der Waals surface area contributed by atoms with Gasteiger partial charge in [0.15, 0.2) is 0 Å². The van der Waals surface area contributed by atoms with Gasteiger partial charge in [-0.05, 0) is 13.0 Å². The molecule has 0 unspecified atom stereocenters. The first kappa shape index (κ1) is 20.5. The minimum atomic E-state index is -0.843. The molecule has 0 saturated heterocycles. The molecular formula is C14H31NO5Si. The number of carboxylic acid groups (broad SMARTS) is 1. The zero-order valence-corrected chi connectivity index (χ0v) is 14.6. The highest BCUT2D eigenvalue weighted by molar-refractivity contribution is 6.55. The predicted octanol–water partition coefficient (Wildman–Crippen LogP) is 0.977. The van der Waals surface area contributed by atoms with E-state index in [-0.39, 0.29) is 13.0 Å². The minimum Gasteiger partial charge on any atom is -0.481 e. The number of nitrogens with one attached hydrogen (secondary N) is 1. The second-order valence-electron chi connectivity index (χ2n) is 5.27. The molecule has 0 aliphatic rings. The number of hydrogen-bond acceptors (Lipinski definition) is 5. The van der Waals surface area contributed by atoms with Crippen LogP contribution in [-0.4, -0.2) is 72.6 Å². The molecule has 0 rings (SSSR count). The molecule has 0 heterocycles. The number of carboxylic acids is 1. The van der Waals surface area contributed by atoms with Crippen LogP contribution in [0.15, 0.2) is 0 Å². The van der Waals surface area contributed by atoms with Gasteiger partial charge in [-0.2, -0.15) is 0 Å². The number of rotatable bonds is 16. The summed E-state index contributed by atoms with van der Waals surface area (Å²) < 4.78 is 15.8. The number of carbonyl (C=O) groups is 1. The lowest BCUT2D eigenvalue weighted by atomic mass is 10.5. The third-order valence-corrected chi connectivity index (χ3v) is 4.33. The maximum Gasteiger partial charge on any atom is 0.305 e. The number of hydrogen-bond donors (Lipinski definition) is 2. The monoisotopic (exact) mass is 321 g/mol. The average molecular weight is 321 g/mol. The Kier molecular flexibility index (Phi) is 15.5. The topological polar surface area (TPSA) is 77.0 Å². The molecule has 0 saturated carbocycles. The van der Waals surface area contributed by atoms with Gasteiger partial charge in [-0.1, -0.05) is 19.1 Å². The van der Waals surface area contributed by atoms with Gasteiger partial charge < -0.3 is 24.6 Å². The molecule has 0 atom stereocenters. The van der Waals surface area contributed by atoms with Crippen molar-refractivity contribution in [2.45, 2.75) is 32.0 Å². The first-order chi connectivity index (χ1) is 10.1. The van der Waals surface area contributed by atoms with Gasteiger partial charge in [0, 0.05) is 15.3 Å². The molecule has 0 radical (unpaired) electrons. The molecule has 0 aromatic rings. The van der Waals surface area contributed by atoms with Gasteiger partial charge in [-0.25, -0.2) is 0 Å². The summed E-state index contributed by atoms with van der Waals surface area (Å²) >= 11 is 0. The third kappa shape index (κ3) is 19.5. The summed E-state index contributed by atoms with van der Waals surface area (Å²) in [5.41, 5.74) is 0. The normalized spacial score (nSPS) is 11.2. The summed E-state index contributed by atoms with van der Waals surface area (Å²) in [6.07, 6.45) is 1.31. The van der Waals surface area contributed by atoms with Crippen LogP contribution in [0.5, 0.6) is 0 Å². The van der Waals surface area contributed by atoms with Gasteiger partial charge in [0.1, 0.15) is 0 Å². The van der Waals surface area contributed by atoms with E-state index in [4.69, 9.17) is 19.3 Å². The molecule has 0 aliphatic heterocycles. The smallest absolute Gasteiger partial charge is 0.305 e.